The number of amides is 5. The summed E-state index contributed by atoms with van der Waals surface area (Å²) < 4.78 is 1.93. The maximum atomic E-state index is 13.5. The van der Waals surface area contributed by atoms with Gasteiger partial charge in [0.05, 0.1) is 11.4 Å². The number of nitrogens with zero attached hydrogens (tertiary/aromatic N) is 4. The maximum absolute atomic E-state index is 13.5. The third-order valence-electron chi connectivity index (χ3n) is 7.49. The second-order valence-electron chi connectivity index (χ2n) is 11.1. The topological polar surface area (TPSA) is 94.4 Å². The molecule has 12 heteroatoms. The molecule has 2 aliphatic rings. The minimum Gasteiger partial charge on any atom is -0.335 e. The molecule has 0 bridgehead atoms. The van der Waals surface area contributed by atoms with Crippen molar-refractivity contribution >= 4 is 95.7 Å². The Labute approximate surface area is 273 Å². The van der Waals surface area contributed by atoms with Crippen LogP contribution < -0.4 is 10.2 Å². The zero-order valence-corrected chi connectivity index (χ0v) is 27.2. The van der Waals surface area contributed by atoms with Crippen molar-refractivity contribution in [2.75, 3.05) is 4.90 Å². The lowest BCUT2D eigenvalue weighted by Crippen LogP contribution is -2.46. The minimum atomic E-state index is -0.814. The molecule has 8 nitrogen and oxygen atoms in total. The lowest BCUT2D eigenvalue weighted by molar-refractivity contribution is -0.120. The molecule has 44 heavy (non-hydrogen) atoms. The molecular weight excluding hydrogens is 637 g/mol. The summed E-state index contributed by atoms with van der Waals surface area (Å²) in [6.07, 6.45) is 8.06. The lowest BCUT2D eigenvalue weighted by atomic mass is 9.84. The van der Waals surface area contributed by atoms with E-state index in [1.807, 2.05) is 24.3 Å². The average molecular weight is 667 g/mol. The van der Waals surface area contributed by atoms with Gasteiger partial charge in [-0.3, -0.25) is 9.69 Å². The number of imide groups is 3. The molecule has 1 aliphatic carbocycles. The molecular formula is C32H29Cl2N5O3S2. The molecule has 4 aromatic rings. The van der Waals surface area contributed by atoms with Crippen LogP contribution in [0.4, 0.5) is 26.0 Å². The summed E-state index contributed by atoms with van der Waals surface area (Å²) in [6, 6.07) is 14.9. The molecule has 2 aromatic heterocycles. The summed E-state index contributed by atoms with van der Waals surface area (Å²) in [6.45, 7) is 3.49. The summed E-state index contributed by atoms with van der Waals surface area (Å²) in [7, 11) is 0. The van der Waals surface area contributed by atoms with Crippen molar-refractivity contribution < 1.29 is 14.4 Å². The highest BCUT2D eigenvalue weighted by atomic mass is 35.5. The Kier molecular flexibility index (Phi) is 8.87. The standard InChI is InChI=1S/C32H29Cl2N5O3S2/c1-18(2)35-31(41)39-30(40)26(38(32(39)42)24-13-21(33)12-22(34)14-24)15-25-16-27-28(43-25)17-29(44-27)37-36-23-10-8-20(9-11-23)19-6-4-3-5-7-19/h8-19H,3-7H2,1-2H3,(H,35,41)/b26-15+,37-36+. The van der Waals surface area contributed by atoms with E-state index in [4.69, 9.17) is 23.2 Å². The highest BCUT2D eigenvalue weighted by molar-refractivity contribution is 7.30. The molecule has 1 saturated carbocycles. The van der Waals surface area contributed by atoms with E-state index < -0.39 is 18.0 Å². The summed E-state index contributed by atoms with van der Waals surface area (Å²) in [5.74, 6) is -0.0960. The van der Waals surface area contributed by atoms with Gasteiger partial charge in [0, 0.05) is 30.4 Å². The Morgan fingerprint density at radius 2 is 1.61 bits per heavy atom. The second kappa shape index (κ2) is 12.8. The van der Waals surface area contributed by atoms with Crippen LogP contribution in [-0.2, 0) is 4.79 Å². The number of carbonyl (C=O) groups excluding carboxylic acids is 3. The van der Waals surface area contributed by atoms with Gasteiger partial charge in [0.15, 0.2) is 0 Å². The van der Waals surface area contributed by atoms with Gasteiger partial charge in [-0.1, -0.05) is 54.6 Å². The van der Waals surface area contributed by atoms with Crippen LogP contribution in [0.2, 0.25) is 10.0 Å². The molecule has 3 heterocycles. The number of fused-ring (bicyclic) bond motifs is 1. The van der Waals surface area contributed by atoms with E-state index in [9.17, 15) is 14.4 Å². The van der Waals surface area contributed by atoms with Crippen LogP contribution in [0.15, 0.2) is 70.5 Å². The van der Waals surface area contributed by atoms with Gasteiger partial charge in [-0.25, -0.2) is 9.59 Å². The van der Waals surface area contributed by atoms with Crippen molar-refractivity contribution in [2.45, 2.75) is 57.9 Å². The van der Waals surface area contributed by atoms with Gasteiger partial charge >= 0.3 is 12.1 Å². The van der Waals surface area contributed by atoms with E-state index in [1.165, 1.54) is 78.5 Å². The third kappa shape index (κ3) is 6.44. The van der Waals surface area contributed by atoms with E-state index in [0.717, 1.165) is 29.9 Å². The third-order valence-corrected chi connectivity index (χ3v) is 10.1. The average Bonchev–Trinajstić information content (AvgIpc) is 3.61. The van der Waals surface area contributed by atoms with Crippen molar-refractivity contribution in [3.63, 3.8) is 0 Å². The fourth-order valence-corrected chi connectivity index (χ4v) is 8.16. The number of azo groups is 1. The second-order valence-corrected chi connectivity index (χ2v) is 14.2. The molecule has 1 aliphatic heterocycles. The van der Waals surface area contributed by atoms with Crippen molar-refractivity contribution in [2.24, 2.45) is 10.2 Å². The Bertz CT molecular complexity index is 1750. The number of thiophene rings is 2. The molecule has 2 fully saturated rings. The normalized spacial score (nSPS) is 17.2. The zero-order chi connectivity index (χ0) is 31.0. The van der Waals surface area contributed by atoms with E-state index in [0.29, 0.717) is 10.8 Å². The molecule has 6 rings (SSSR count). The number of anilines is 1. The maximum Gasteiger partial charge on any atom is 0.344 e. The summed E-state index contributed by atoms with van der Waals surface area (Å²) in [4.78, 5) is 42.2. The van der Waals surface area contributed by atoms with Crippen LogP contribution in [-0.4, -0.2) is 28.9 Å². The Morgan fingerprint density at radius 3 is 2.27 bits per heavy atom. The molecule has 0 unspecified atom stereocenters. The van der Waals surface area contributed by atoms with Gasteiger partial charge in [-0.15, -0.1) is 32.9 Å². The molecule has 0 radical (unpaired) electrons. The summed E-state index contributed by atoms with van der Waals surface area (Å²) >= 11 is 15.3. The largest absolute Gasteiger partial charge is 0.344 e. The molecule has 2 aromatic carbocycles. The van der Waals surface area contributed by atoms with Crippen LogP contribution in [0, 0.1) is 0 Å². The van der Waals surface area contributed by atoms with Gasteiger partial charge in [0.1, 0.15) is 10.7 Å². The highest BCUT2D eigenvalue weighted by Gasteiger charge is 2.46. The number of hydrogen-bond donors (Lipinski definition) is 1. The molecule has 1 N–H and O–H groups in total. The first kappa shape index (κ1) is 30.5. The predicted molar refractivity (Wildman–Crippen MR) is 179 cm³/mol. The molecule has 5 amide bonds. The van der Waals surface area contributed by atoms with E-state index >= 15 is 0 Å². The van der Waals surface area contributed by atoms with Crippen molar-refractivity contribution in [1.29, 1.82) is 0 Å². The summed E-state index contributed by atoms with van der Waals surface area (Å²) in [5, 5.41) is 12.8. The van der Waals surface area contributed by atoms with Crippen molar-refractivity contribution in [3.05, 3.63) is 80.8 Å². The van der Waals surface area contributed by atoms with E-state index in [1.54, 1.807) is 19.9 Å². The van der Waals surface area contributed by atoms with Crippen LogP contribution >= 0.6 is 45.9 Å². The van der Waals surface area contributed by atoms with E-state index in [2.05, 4.69) is 27.7 Å². The molecule has 0 atom stereocenters. The minimum absolute atomic E-state index is 0.0118. The van der Waals surface area contributed by atoms with Gasteiger partial charge < -0.3 is 5.32 Å². The SMILES string of the molecule is CC(C)NC(=O)N1C(=O)/C(=C\c2cc3sc(/N=N/c4ccc(C5CCCCC5)cc4)cc3s2)N(c2cc(Cl)cc(Cl)c2)C1=O. The first-order chi connectivity index (χ1) is 21.2. The first-order valence-corrected chi connectivity index (χ1v) is 16.8. The smallest absolute Gasteiger partial charge is 0.335 e. The number of urea groups is 2. The summed E-state index contributed by atoms with van der Waals surface area (Å²) in [5.41, 5.74) is 2.48. The number of nitrogens with one attached hydrogen (secondary N) is 1. The molecule has 0 spiro atoms. The number of carbonyl (C=O) groups is 3. The molecule has 1 saturated heterocycles. The quantitative estimate of drug-likeness (QED) is 0.126. The first-order valence-electron chi connectivity index (χ1n) is 14.4. The van der Waals surface area contributed by atoms with Gasteiger partial charge in [-0.05, 0) is 86.7 Å². The van der Waals surface area contributed by atoms with Gasteiger partial charge in [-0.2, -0.15) is 4.90 Å². The van der Waals surface area contributed by atoms with Crippen molar-refractivity contribution in [1.82, 2.24) is 10.2 Å². The lowest BCUT2D eigenvalue weighted by Gasteiger charge is -2.21. The van der Waals surface area contributed by atoms with Gasteiger partial charge in [0.2, 0.25) is 0 Å². The van der Waals surface area contributed by atoms with Crippen LogP contribution in [0.3, 0.4) is 0 Å². The molecule has 226 valence electrons. The zero-order valence-electron chi connectivity index (χ0n) is 24.0. The Morgan fingerprint density at radius 1 is 0.932 bits per heavy atom. The highest BCUT2D eigenvalue weighted by Crippen LogP contribution is 2.41. The number of hydrogen-bond acceptors (Lipinski definition) is 7. The van der Waals surface area contributed by atoms with Crippen LogP contribution in [0.5, 0.6) is 0 Å². The fourth-order valence-electron chi connectivity index (χ4n) is 5.49. The van der Waals surface area contributed by atoms with E-state index in [-0.39, 0.29) is 27.5 Å². The number of benzene rings is 2. The number of rotatable bonds is 6. The Hall–Kier alpha value is -3.57. The predicted octanol–water partition coefficient (Wildman–Crippen LogP) is 10.7. The monoisotopic (exact) mass is 665 g/mol. The van der Waals surface area contributed by atoms with Crippen LogP contribution in [0.25, 0.3) is 15.5 Å². The fraction of sp³-hybridized carbons (Fsp3) is 0.281. The van der Waals surface area contributed by atoms with Crippen molar-refractivity contribution in [3.8, 4) is 0 Å². The van der Waals surface area contributed by atoms with Gasteiger partial charge in [0.25, 0.3) is 5.91 Å². The Balaban J connectivity index is 1.25. The van der Waals surface area contributed by atoms with Crippen LogP contribution in [0.1, 0.15) is 62.3 Å². The number of halogens is 2.